The van der Waals surface area contributed by atoms with Gasteiger partial charge in [-0.25, -0.2) is 0 Å². The van der Waals surface area contributed by atoms with E-state index in [0.717, 1.165) is 35.9 Å². The van der Waals surface area contributed by atoms with Crippen molar-refractivity contribution in [3.63, 3.8) is 0 Å². The highest BCUT2D eigenvalue weighted by Crippen LogP contribution is 2.12. The lowest BCUT2D eigenvalue weighted by atomic mass is 10.1. The maximum Gasteiger partial charge on any atom is 0.189 e. The van der Waals surface area contributed by atoms with E-state index >= 15 is 0 Å². The summed E-state index contributed by atoms with van der Waals surface area (Å²) in [6.07, 6.45) is 10.5. The van der Waals surface area contributed by atoms with Gasteiger partial charge in [0.1, 0.15) is 0 Å². The number of fused-ring (bicyclic) bond motifs is 1. The second-order valence-corrected chi connectivity index (χ2v) is 6.45. The highest BCUT2D eigenvalue weighted by molar-refractivity contribution is 5.79. The summed E-state index contributed by atoms with van der Waals surface area (Å²) in [5.74, 6) is 6.55. The molecule has 24 heavy (non-hydrogen) atoms. The number of unbranched alkanes of at least 4 members (excludes halogenated alkanes) is 6. The summed E-state index contributed by atoms with van der Waals surface area (Å²) in [5.41, 5.74) is 2.17. The zero-order chi connectivity index (χ0) is 17.2. The maximum absolute atomic E-state index is 12.2. The van der Waals surface area contributed by atoms with E-state index in [1.165, 1.54) is 38.5 Å². The molecule has 2 rings (SSSR count). The molecule has 0 amide bonds. The number of aryl methyl sites for hydroxylation is 2. The quantitative estimate of drug-likeness (QED) is 0.482. The van der Waals surface area contributed by atoms with Gasteiger partial charge in [-0.1, -0.05) is 51.2 Å². The maximum atomic E-state index is 12.2. The molecule has 1 heterocycles. The van der Waals surface area contributed by atoms with Crippen LogP contribution in [-0.2, 0) is 13.5 Å². The molecule has 0 fully saturated rings. The van der Waals surface area contributed by atoms with Gasteiger partial charge >= 0.3 is 0 Å². The van der Waals surface area contributed by atoms with Crippen LogP contribution in [0, 0.1) is 11.8 Å². The Hall–Kier alpha value is -2.01. The smallest absolute Gasteiger partial charge is 0.189 e. The third kappa shape index (κ3) is 5.27. The number of aromatic nitrogens is 1. The predicted molar refractivity (Wildman–Crippen MR) is 103 cm³/mol. The van der Waals surface area contributed by atoms with Crippen molar-refractivity contribution in [1.29, 1.82) is 0 Å². The van der Waals surface area contributed by atoms with Crippen LogP contribution in [0.5, 0.6) is 0 Å². The van der Waals surface area contributed by atoms with Crippen molar-refractivity contribution in [2.75, 3.05) is 0 Å². The second-order valence-electron chi connectivity index (χ2n) is 6.45. The summed E-state index contributed by atoms with van der Waals surface area (Å²) in [7, 11) is 2.03. The first-order chi connectivity index (χ1) is 11.7. The minimum absolute atomic E-state index is 0.110. The number of benzene rings is 1. The SMILES string of the molecule is CCCCCCCCC#CCCc1cc(=O)c2ccccc2n1C. The summed E-state index contributed by atoms with van der Waals surface area (Å²) in [6.45, 7) is 2.25. The molecule has 0 saturated heterocycles. The van der Waals surface area contributed by atoms with Crippen molar-refractivity contribution in [2.45, 2.75) is 64.7 Å². The average molecular weight is 323 g/mol. The highest BCUT2D eigenvalue weighted by atomic mass is 16.1. The molecule has 1 aromatic carbocycles. The third-order valence-corrected chi connectivity index (χ3v) is 4.55. The van der Waals surface area contributed by atoms with Gasteiger partial charge in [-0.2, -0.15) is 0 Å². The van der Waals surface area contributed by atoms with E-state index in [-0.39, 0.29) is 5.43 Å². The zero-order valence-electron chi connectivity index (χ0n) is 15.1. The topological polar surface area (TPSA) is 22.0 Å². The van der Waals surface area contributed by atoms with Gasteiger partial charge in [-0.15, -0.1) is 11.8 Å². The molecular formula is C22H29NO. The Morgan fingerprint density at radius 3 is 2.50 bits per heavy atom. The van der Waals surface area contributed by atoms with Crippen molar-refractivity contribution in [1.82, 2.24) is 4.57 Å². The molecule has 0 unspecified atom stereocenters. The minimum atomic E-state index is 0.110. The fourth-order valence-corrected chi connectivity index (χ4v) is 3.06. The summed E-state index contributed by atoms with van der Waals surface area (Å²) >= 11 is 0. The molecule has 0 spiro atoms. The minimum Gasteiger partial charge on any atom is -0.347 e. The van der Waals surface area contributed by atoms with Crippen molar-refractivity contribution in [2.24, 2.45) is 7.05 Å². The van der Waals surface area contributed by atoms with E-state index in [2.05, 4.69) is 23.3 Å². The Kier molecular flexibility index (Phi) is 7.62. The highest BCUT2D eigenvalue weighted by Gasteiger charge is 2.04. The zero-order valence-corrected chi connectivity index (χ0v) is 15.1. The van der Waals surface area contributed by atoms with Gasteiger partial charge < -0.3 is 4.57 Å². The molecule has 0 bridgehead atoms. The van der Waals surface area contributed by atoms with Gasteiger partial charge in [0, 0.05) is 37.0 Å². The van der Waals surface area contributed by atoms with E-state index in [1.807, 2.05) is 31.3 Å². The lowest BCUT2D eigenvalue weighted by Crippen LogP contribution is -2.11. The Balaban J connectivity index is 1.81. The lowest BCUT2D eigenvalue weighted by molar-refractivity contribution is 0.614. The number of rotatable bonds is 8. The van der Waals surface area contributed by atoms with Crippen LogP contribution in [0.25, 0.3) is 10.9 Å². The monoisotopic (exact) mass is 323 g/mol. The number of hydrogen-bond acceptors (Lipinski definition) is 1. The molecule has 0 radical (unpaired) electrons. The molecule has 0 N–H and O–H groups in total. The van der Waals surface area contributed by atoms with Gasteiger partial charge in [0.25, 0.3) is 0 Å². The molecular weight excluding hydrogens is 294 g/mol. The summed E-state index contributed by atoms with van der Waals surface area (Å²) in [6, 6.07) is 9.55. The first-order valence-corrected chi connectivity index (χ1v) is 9.27. The van der Waals surface area contributed by atoms with Crippen LogP contribution in [0.4, 0.5) is 0 Å². The molecule has 0 atom stereocenters. The van der Waals surface area contributed by atoms with Gasteiger partial charge in [0.15, 0.2) is 5.43 Å². The van der Waals surface area contributed by atoms with Crippen LogP contribution in [-0.4, -0.2) is 4.57 Å². The molecule has 0 saturated carbocycles. The lowest BCUT2D eigenvalue weighted by Gasteiger charge is -2.11. The third-order valence-electron chi connectivity index (χ3n) is 4.55. The summed E-state index contributed by atoms with van der Waals surface area (Å²) < 4.78 is 2.12. The van der Waals surface area contributed by atoms with Crippen LogP contribution in [0.3, 0.4) is 0 Å². The van der Waals surface area contributed by atoms with Crippen LogP contribution in [0.15, 0.2) is 35.1 Å². The van der Waals surface area contributed by atoms with Gasteiger partial charge in [-0.3, -0.25) is 4.79 Å². The Morgan fingerprint density at radius 2 is 1.67 bits per heavy atom. The number of nitrogens with zero attached hydrogens (tertiary/aromatic N) is 1. The molecule has 128 valence electrons. The first kappa shape index (κ1) is 18.3. The standard InChI is InChI=1S/C22H29NO/c1-3-4-5-6-7-8-9-10-11-12-15-19-18-22(24)20-16-13-14-17-21(20)23(19)2/h13-14,16-18H,3-9,12,15H2,1-2H3. The molecule has 0 aliphatic heterocycles. The molecule has 0 aliphatic rings. The Bertz CT molecular complexity index is 761. The van der Waals surface area contributed by atoms with Gasteiger partial charge in [0.05, 0.1) is 5.52 Å². The fraction of sp³-hybridized carbons (Fsp3) is 0.500. The van der Waals surface area contributed by atoms with Crippen LogP contribution in [0.2, 0.25) is 0 Å². The van der Waals surface area contributed by atoms with Crippen LogP contribution >= 0.6 is 0 Å². The van der Waals surface area contributed by atoms with Crippen LogP contribution < -0.4 is 5.43 Å². The van der Waals surface area contributed by atoms with Gasteiger partial charge in [-0.05, 0) is 25.0 Å². The van der Waals surface area contributed by atoms with Gasteiger partial charge in [0.2, 0.25) is 0 Å². The van der Waals surface area contributed by atoms with E-state index in [0.29, 0.717) is 0 Å². The van der Waals surface area contributed by atoms with E-state index < -0.39 is 0 Å². The molecule has 2 heteroatoms. The summed E-state index contributed by atoms with van der Waals surface area (Å²) in [4.78, 5) is 12.2. The van der Waals surface area contributed by atoms with E-state index in [4.69, 9.17) is 0 Å². The Morgan fingerprint density at radius 1 is 0.958 bits per heavy atom. The van der Waals surface area contributed by atoms with Crippen molar-refractivity contribution < 1.29 is 0 Å². The average Bonchev–Trinajstić information content (AvgIpc) is 2.60. The van der Waals surface area contributed by atoms with Crippen molar-refractivity contribution in [3.05, 3.63) is 46.2 Å². The van der Waals surface area contributed by atoms with Crippen LogP contribution in [0.1, 0.15) is 64.0 Å². The second kappa shape index (κ2) is 9.98. The summed E-state index contributed by atoms with van der Waals surface area (Å²) in [5, 5.41) is 0.790. The number of para-hydroxylation sites is 1. The first-order valence-electron chi connectivity index (χ1n) is 9.27. The predicted octanol–water partition coefficient (Wildman–Crippen LogP) is 5.23. The normalized spacial score (nSPS) is 10.6. The van der Waals surface area contributed by atoms with Crippen molar-refractivity contribution in [3.8, 4) is 11.8 Å². The fourth-order valence-electron chi connectivity index (χ4n) is 3.06. The van der Waals surface area contributed by atoms with E-state index in [9.17, 15) is 4.79 Å². The Labute approximate surface area is 145 Å². The number of pyridine rings is 1. The molecule has 0 aliphatic carbocycles. The van der Waals surface area contributed by atoms with E-state index in [1.54, 1.807) is 6.07 Å². The molecule has 1 aromatic heterocycles. The molecule has 2 aromatic rings. The van der Waals surface area contributed by atoms with Crippen molar-refractivity contribution >= 4 is 10.9 Å². The molecule has 2 nitrogen and oxygen atoms in total. The largest absolute Gasteiger partial charge is 0.347 e. The number of hydrogen-bond donors (Lipinski definition) is 0.